The van der Waals surface area contributed by atoms with Crippen molar-refractivity contribution in [3.8, 4) is 0 Å². The Morgan fingerprint density at radius 1 is 1.37 bits per heavy atom. The molecule has 0 saturated heterocycles. The van der Waals surface area contributed by atoms with Crippen molar-refractivity contribution < 1.29 is 4.79 Å². The lowest BCUT2D eigenvalue weighted by Crippen LogP contribution is -2.20. The number of fused-ring (bicyclic) bond motifs is 2. The van der Waals surface area contributed by atoms with Crippen molar-refractivity contribution >= 4 is 23.2 Å². The molecule has 2 fully saturated rings. The number of halogens is 1. The highest BCUT2D eigenvalue weighted by molar-refractivity contribution is 6.31. The maximum atomic E-state index is 12.1. The zero-order valence-electron chi connectivity index (χ0n) is 11.3. The van der Waals surface area contributed by atoms with Crippen LogP contribution in [-0.4, -0.2) is 5.91 Å². The van der Waals surface area contributed by atoms with E-state index in [4.69, 9.17) is 11.6 Å². The number of hydrogen-bond donors (Lipinski definition) is 1. The number of benzene rings is 1. The summed E-state index contributed by atoms with van der Waals surface area (Å²) in [5.41, 5.74) is 1.84. The van der Waals surface area contributed by atoms with Crippen LogP contribution in [0.2, 0.25) is 5.02 Å². The van der Waals surface area contributed by atoms with E-state index in [0.717, 1.165) is 23.1 Å². The average Bonchev–Trinajstić information content (AvgIpc) is 2.96. The number of anilines is 1. The van der Waals surface area contributed by atoms with E-state index in [-0.39, 0.29) is 5.91 Å². The lowest BCUT2D eigenvalue weighted by atomic mass is 9.86. The molecule has 2 aliphatic rings. The molecule has 0 aromatic heterocycles. The zero-order chi connectivity index (χ0) is 13.4. The quantitative estimate of drug-likeness (QED) is 0.871. The van der Waals surface area contributed by atoms with Crippen LogP contribution in [-0.2, 0) is 4.79 Å². The lowest BCUT2D eigenvalue weighted by Gasteiger charge is -2.20. The minimum atomic E-state index is 0.137. The molecule has 19 heavy (non-hydrogen) atoms. The average molecular weight is 278 g/mol. The topological polar surface area (TPSA) is 29.1 Å². The predicted octanol–water partition coefficient (Wildman–Crippen LogP) is 4.41. The van der Waals surface area contributed by atoms with Gasteiger partial charge in [0.2, 0.25) is 5.91 Å². The molecule has 0 spiro atoms. The molecule has 0 heterocycles. The second-order valence-corrected chi connectivity index (χ2v) is 6.56. The van der Waals surface area contributed by atoms with Crippen LogP contribution in [0.1, 0.15) is 37.7 Å². The number of amides is 1. The molecule has 3 heteroatoms. The number of carbonyl (C=O) groups is 1. The molecule has 1 aromatic carbocycles. The molecule has 1 N–H and O–H groups in total. The van der Waals surface area contributed by atoms with Gasteiger partial charge in [0.1, 0.15) is 0 Å². The van der Waals surface area contributed by atoms with Crippen LogP contribution in [0, 0.1) is 24.7 Å². The summed E-state index contributed by atoms with van der Waals surface area (Å²) >= 11 is 6.07. The van der Waals surface area contributed by atoms with Gasteiger partial charge in [-0.05, 0) is 61.6 Å². The summed E-state index contributed by atoms with van der Waals surface area (Å²) in [6.45, 7) is 1.96. The van der Waals surface area contributed by atoms with E-state index in [1.54, 1.807) is 0 Å². The molecule has 102 valence electrons. The third-order valence-corrected chi connectivity index (χ3v) is 5.19. The van der Waals surface area contributed by atoms with Crippen LogP contribution in [0.25, 0.3) is 0 Å². The van der Waals surface area contributed by atoms with Gasteiger partial charge in [-0.1, -0.05) is 24.1 Å². The van der Waals surface area contributed by atoms with E-state index in [0.29, 0.717) is 17.4 Å². The molecule has 1 aromatic rings. The molecular weight excluding hydrogens is 258 g/mol. The van der Waals surface area contributed by atoms with E-state index in [2.05, 4.69) is 5.32 Å². The van der Waals surface area contributed by atoms with Gasteiger partial charge in [-0.3, -0.25) is 4.79 Å². The molecule has 3 atom stereocenters. The van der Waals surface area contributed by atoms with Gasteiger partial charge in [0.05, 0.1) is 0 Å². The molecular formula is C16H20ClNO. The van der Waals surface area contributed by atoms with Crippen LogP contribution >= 0.6 is 11.6 Å². The Labute approximate surface area is 119 Å². The van der Waals surface area contributed by atoms with Crippen molar-refractivity contribution in [1.29, 1.82) is 0 Å². The van der Waals surface area contributed by atoms with Crippen LogP contribution in [0.4, 0.5) is 5.69 Å². The summed E-state index contributed by atoms with van der Waals surface area (Å²) in [7, 11) is 0. The van der Waals surface area contributed by atoms with E-state index in [1.165, 1.54) is 25.7 Å². The Bertz CT molecular complexity index is 500. The summed E-state index contributed by atoms with van der Waals surface area (Å²) in [4.78, 5) is 12.1. The fourth-order valence-corrected chi connectivity index (χ4v) is 3.93. The molecule has 2 nitrogen and oxygen atoms in total. The standard InChI is InChI=1S/C16H20ClNO/c1-10-2-5-14(9-15(10)17)18-16(19)8-13-7-11-3-4-12(13)6-11/h2,5,9,11-13H,3-4,6-8H2,1H3,(H,18,19)/t11-,12-,13+/m0/s1. The highest BCUT2D eigenvalue weighted by Gasteiger charge is 2.40. The highest BCUT2D eigenvalue weighted by atomic mass is 35.5. The number of nitrogens with one attached hydrogen (secondary N) is 1. The van der Waals surface area contributed by atoms with Crippen molar-refractivity contribution in [1.82, 2.24) is 0 Å². The minimum absolute atomic E-state index is 0.137. The molecule has 1 amide bonds. The highest BCUT2D eigenvalue weighted by Crippen LogP contribution is 2.49. The summed E-state index contributed by atoms with van der Waals surface area (Å²) in [5, 5.41) is 3.68. The molecule has 2 saturated carbocycles. The maximum absolute atomic E-state index is 12.1. The first-order valence-corrected chi connectivity index (χ1v) is 7.55. The normalized spacial score (nSPS) is 28.6. The minimum Gasteiger partial charge on any atom is -0.326 e. The Morgan fingerprint density at radius 3 is 2.84 bits per heavy atom. The zero-order valence-corrected chi connectivity index (χ0v) is 12.0. The van der Waals surface area contributed by atoms with Crippen LogP contribution in [0.3, 0.4) is 0 Å². The fourth-order valence-electron chi connectivity index (χ4n) is 3.75. The van der Waals surface area contributed by atoms with Gasteiger partial charge in [0.25, 0.3) is 0 Å². The molecule has 2 aliphatic carbocycles. The molecule has 0 unspecified atom stereocenters. The number of rotatable bonds is 3. The smallest absolute Gasteiger partial charge is 0.224 e. The van der Waals surface area contributed by atoms with Crippen LogP contribution in [0.5, 0.6) is 0 Å². The van der Waals surface area contributed by atoms with Gasteiger partial charge in [-0.2, -0.15) is 0 Å². The van der Waals surface area contributed by atoms with Gasteiger partial charge in [-0.15, -0.1) is 0 Å². The largest absolute Gasteiger partial charge is 0.326 e. The van der Waals surface area contributed by atoms with E-state index < -0.39 is 0 Å². The van der Waals surface area contributed by atoms with Gasteiger partial charge in [0.15, 0.2) is 0 Å². The Hall–Kier alpha value is -1.02. The van der Waals surface area contributed by atoms with Gasteiger partial charge in [0, 0.05) is 17.1 Å². The Balaban J connectivity index is 1.57. The van der Waals surface area contributed by atoms with Crippen molar-refractivity contribution in [2.45, 2.75) is 39.0 Å². The molecule has 0 radical (unpaired) electrons. The summed E-state index contributed by atoms with van der Waals surface area (Å²) in [5.74, 6) is 2.45. The van der Waals surface area contributed by atoms with Crippen molar-refractivity contribution in [2.75, 3.05) is 5.32 Å². The third kappa shape index (κ3) is 2.79. The van der Waals surface area contributed by atoms with Gasteiger partial charge in [-0.25, -0.2) is 0 Å². The lowest BCUT2D eigenvalue weighted by molar-refractivity contribution is -0.117. The van der Waals surface area contributed by atoms with Crippen molar-refractivity contribution in [2.24, 2.45) is 17.8 Å². The third-order valence-electron chi connectivity index (χ3n) is 4.79. The van der Waals surface area contributed by atoms with Gasteiger partial charge < -0.3 is 5.32 Å². The monoisotopic (exact) mass is 277 g/mol. The number of aryl methyl sites for hydroxylation is 1. The fraction of sp³-hybridized carbons (Fsp3) is 0.562. The predicted molar refractivity (Wildman–Crippen MR) is 78.4 cm³/mol. The number of hydrogen-bond acceptors (Lipinski definition) is 1. The summed E-state index contributed by atoms with van der Waals surface area (Å²) in [6.07, 6.45) is 6.00. The Morgan fingerprint density at radius 2 is 2.21 bits per heavy atom. The first-order valence-electron chi connectivity index (χ1n) is 7.18. The van der Waals surface area contributed by atoms with Crippen LogP contribution < -0.4 is 5.32 Å². The van der Waals surface area contributed by atoms with E-state index in [9.17, 15) is 4.79 Å². The van der Waals surface area contributed by atoms with E-state index in [1.807, 2.05) is 25.1 Å². The first-order chi connectivity index (χ1) is 9.11. The molecule has 3 rings (SSSR count). The first kappa shape index (κ1) is 13.0. The van der Waals surface area contributed by atoms with Crippen LogP contribution in [0.15, 0.2) is 18.2 Å². The summed E-state index contributed by atoms with van der Waals surface area (Å²) in [6, 6.07) is 5.69. The van der Waals surface area contributed by atoms with Gasteiger partial charge >= 0.3 is 0 Å². The van der Waals surface area contributed by atoms with E-state index >= 15 is 0 Å². The van der Waals surface area contributed by atoms with Crippen molar-refractivity contribution in [3.05, 3.63) is 28.8 Å². The second kappa shape index (κ2) is 5.16. The summed E-state index contributed by atoms with van der Waals surface area (Å²) < 4.78 is 0. The number of carbonyl (C=O) groups excluding carboxylic acids is 1. The Kier molecular flexibility index (Phi) is 3.53. The van der Waals surface area contributed by atoms with Crippen molar-refractivity contribution in [3.63, 3.8) is 0 Å². The second-order valence-electron chi connectivity index (χ2n) is 6.15. The maximum Gasteiger partial charge on any atom is 0.224 e. The molecule has 0 aliphatic heterocycles. The molecule has 2 bridgehead atoms. The SMILES string of the molecule is Cc1ccc(NC(=O)C[C@H]2C[C@H]3CC[C@H]2C3)cc1Cl.